The van der Waals surface area contributed by atoms with Crippen LogP contribution in [-0.4, -0.2) is 48.6 Å². The molecule has 0 unspecified atom stereocenters. The summed E-state index contributed by atoms with van der Waals surface area (Å²) in [7, 11) is 1.86. The maximum absolute atomic E-state index is 12.6. The molecule has 0 aliphatic carbocycles. The number of likely N-dealkylation sites (tertiary alicyclic amines) is 1. The Balaban J connectivity index is 1.36. The molecular weight excluding hydrogens is 390 g/mol. The van der Waals surface area contributed by atoms with Crippen molar-refractivity contribution in [1.29, 1.82) is 0 Å². The maximum atomic E-state index is 12.6. The lowest BCUT2D eigenvalue weighted by Gasteiger charge is -2.32. The number of nitrogens with zero attached hydrogens (tertiary/aromatic N) is 6. The minimum Gasteiger partial charge on any atom is -0.339 e. The van der Waals surface area contributed by atoms with E-state index in [4.69, 9.17) is 0 Å². The monoisotopic (exact) mass is 417 g/mol. The molecule has 0 aromatic carbocycles. The average molecular weight is 418 g/mol. The molecule has 4 rings (SSSR count). The zero-order chi connectivity index (χ0) is 21.6. The van der Waals surface area contributed by atoms with E-state index < -0.39 is 0 Å². The molecule has 31 heavy (non-hydrogen) atoms. The standard InChI is InChI=1S/C23H27N7O/c1-17-5-3-7-21(27-17)28-22-12-20(24-16-25-22)11-18-6-4-10-30(15-18)23(31)9-8-19-13-26-29(2)14-19/h3,5,7-9,12-14,16,18H,4,6,10-11,15H2,1-2H3,(H,24,25,27,28)/b9-8+/t18-/m1/s1. The first-order chi connectivity index (χ1) is 15.0. The zero-order valence-electron chi connectivity index (χ0n) is 17.9. The van der Waals surface area contributed by atoms with Crippen LogP contribution in [0, 0.1) is 12.8 Å². The number of anilines is 2. The van der Waals surface area contributed by atoms with E-state index in [0.29, 0.717) is 5.92 Å². The van der Waals surface area contributed by atoms with Crippen molar-refractivity contribution in [3.05, 3.63) is 66.0 Å². The predicted octanol–water partition coefficient (Wildman–Crippen LogP) is 3.15. The first kappa shape index (κ1) is 20.7. The Morgan fingerprint density at radius 3 is 3.00 bits per heavy atom. The fourth-order valence-electron chi connectivity index (χ4n) is 3.85. The molecule has 8 heteroatoms. The summed E-state index contributed by atoms with van der Waals surface area (Å²) < 4.78 is 1.72. The number of piperidine rings is 1. The molecule has 3 aromatic rings. The van der Waals surface area contributed by atoms with Crippen molar-refractivity contribution < 1.29 is 4.79 Å². The maximum Gasteiger partial charge on any atom is 0.246 e. The third-order valence-corrected chi connectivity index (χ3v) is 5.34. The Morgan fingerprint density at radius 1 is 1.29 bits per heavy atom. The normalized spacial score (nSPS) is 16.6. The van der Waals surface area contributed by atoms with Crippen LogP contribution in [0.5, 0.6) is 0 Å². The van der Waals surface area contributed by atoms with Gasteiger partial charge in [-0.05, 0) is 50.3 Å². The van der Waals surface area contributed by atoms with Crippen molar-refractivity contribution in [2.75, 3.05) is 18.4 Å². The molecule has 3 aromatic heterocycles. The minimum absolute atomic E-state index is 0.0455. The molecule has 1 N–H and O–H groups in total. The molecule has 1 amide bonds. The highest BCUT2D eigenvalue weighted by atomic mass is 16.2. The number of carbonyl (C=O) groups excluding carboxylic acids is 1. The van der Waals surface area contributed by atoms with E-state index in [1.165, 1.54) is 0 Å². The summed E-state index contributed by atoms with van der Waals surface area (Å²) in [6, 6.07) is 7.80. The van der Waals surface area contributed by atoms with E-state index in [0.717, 1.165) is 60.9 Å². The third kappa shape index (κ3) is 5.75. The van der Waals surface area contributed by atoms with E-state index in [-0.39, 0.29) is 5.91 Å². The molecule has 0 radical (unpaired) electrons. The Bertz CT molecular complexity index is 1080. The Hall–Kier alpha value is -3.55. The average Bonchev–Trinajstić information content (AvgIpc) is 3.18. The number of hydrogen-bond donors (Lipinski definition) is 1. The predicted molar refractivity (Wildman–Crippen MR) is 120 cm³/mol. The van der Waals surface area contributed by atoms with Crippen molar-refractivity contribution in [3.63, 3.8) is 0 Å². The highest BCUT2D eigenvalue weighted by Crippen LogP contribution is 2.22. The fraction of sp³-hybridized carbons (Fsp3) is 0.348. The summed E-state index contributed by atoms with van der Waals surface area (Å²) in [5, 5.41) is 7.36. The summed E-state index contributed by atoms with van der Waals surface area (Å²) in [6.07, 6.45) is 11.6. The first-order valence-corrected chi connectivity index (χ1v) is 10.5. The van der Waals surface area contributed by atoms with E-state index in [1.807, 2.05) is 55.4 Å². The molecule has 1 aliphatic heterocycles. The van der Waals surface area contributed by atoms with E-state index in [2.05, 4.69) is 25.4 Å². The minimum atomic E-state index is 0.0455. The Morgan fingerprint density at radius 2 is 2.19 bits per heavy atom. The second-order valence-electron chi connectivity index (χ2n) is 7.96. The fourth-order valence-corrected chi connectivity index (χ4v) is 3.85. The molecule has 4 heterocycles. The highest BCUT2D eigenvalue weighted by Gasteiger charge is 2.23. The van der Waals surface area contributed by atoms with Crippen LogP contribution in [0.3, 0.4) is 0 Å². The van der Waals surface area contributed by atoms with Gasteiger partial charge in [-0.15, -0.1) is 0 Å². The van der Waals surface area contributed by atoms with Crippen molar-refractivity contribution in [2.24, 2.45) is 13.0 Å². The zero-order valence-corrected chi connectivity index (χ0v) is 17.9. The van der Waals surface area contributed by atoms with Crippen LogP contribution in [0.15, 0.2) is 49.1 Å². The summed E-state index contributed by atoms with van der Waals surface area (Å²) in [6.45, 7) is 3.49. The molecule has 1 fully saturated rings. The number of aryl methyl sites for hydroxylation is 2. The molecule has 1 saturated heterocycles. The van der Waals surface area contributed by atoms with E-state index >= 15 is 0 Å². The lowest BCUT2D eigenvalue weighted by atomic mass is 9.93. The highest BCUT2D eigenvalue weighted by molar-refractivity contribution is 5.91. The van der Waals surface area contributed by atoms with Gasteiger partial charge in [0.25, 0.3) is 0 Å². The van der Waals surface area contributed by atoms with Gasteiger partial charge in [0.05, 0.1) is 6.20 Å². The molecule has 0 saturated carbocycles. The van der Waals surface area contributed by atoms with Crippen molar-refractivity contribution in [2.45, 2.75) is 26.2 Å². The number of nitrogens with one attached hydrogen (secondary N) is 1. The first-order valence-electron chi connectivity index (χ1n) is 10.5. The number of rotatable bonds is 6. The van der Waals surface area contributed by atoms with Gasteiger partial charge in [-0.1, -0.05) is 6.07 Å². The van der Waals surface area contributed by atoms with Crippen LogP contribution in [0.1, 0.15) is 29.8 Å². The SMILES string of the molecule is Cc1cccc(Nc2cc(C[C@H]3CCCN(C(=O)/C=C/c4cnn(C)c4)C3)ncn2)n1. The second-order valence-corrected chi connectivity index (χ2v) is 7.96. The van der Waals surface area contributed by atoms with Crippen molar-refractivity contribution >= 4 is 23.6 Å². The van der Waals surface area contributed by atoms with Gasteiger partial charge in [-0.25, -0.2) is 15.0 Å². The second kappa shape index (κ2) is 9.51. The lowest BCUT2D eigenvalue weighted by Crippen LogP contribution is -2.39. The number of pyridine rings is 1. The molecule has 1 atom stereocenters. The topological polar surface area (TPSA) is 88.8 Å². The van der Waals surface area contributed by atoms with E-state index in [9.17, 15) is 4.79 Å². The number of hydrogen-bond acceptors (Lipinski definition) is 6. The van der Waals surface area contributed by atoms with Crippen LogP contribution in [-0.2, 0) is 18.3 Å². The van der Waals surface area contributed by atoms with Crippen LogP contribution in [0.2, 0.25) is 0 Å². The van der Waals surface area contributed by atoms with Crippen LogP contribution in [0.25, 0.3) is 6.08 Å². The third-order valence-electron chi connectivity index (χ3n) is 5.34. The number of amides is 1. The van der Waals surface area contributed by atoms with Crippen molar-refractivity contribution in [1.82, 2.24) is 29.6 Å². The van der Waals surface area contributed by atoms with Gasteiger partial charge in [-0.3, -0.25) is 9.48 Å². The summed E-state index contributed by atoms with van der Waals surface area (Å²) in [4.78, 5) is 27.8. The van der Waals surface area contributed by atoms with E-state index in [1.54, 1.807) is 23.3 Å². The van der Waals surface area contributed by atoms with Gasteiger partial charge < -0.3 is 10.2 Å². The number of aromatic nitrogens is 5. The van der Waals surface area contributed by atoms with Gasteiger partial charge in [0.15, 0.2) is 0 Å². The van der Waals surface area contributed by atoms with Gasteiger partial charge in [0, 0.05) is 55.4 Å². The Labute approximate surface area is 182 Å². The van der Waals surface area contributed by atoms with Gasteiger partial charge in [0.2, 0.25) is 5.91 Å². The van der Waals surface area contributed by atoms with Crippen LogP contribution < -0.4 is 5.32 Å². The van der Waals surface area contributed by atoms with Gasteiger partial charge >= 0.3 is 0 Å². The van der Waals surface area contributed by atoms with Gasteiger partial charge in [-0.2, -0.15) is 5.10 Å². The smallest absolute Gasteiger partial charge is 0.246 e. The van der Waals surface area contributed by atoms with Crippen molar-refractivity contribution in [3.8, 4) is 0 Å². The summed E-state index contributed by atoms with van der Waals surface area (Å²) >= 11 is 0. The number of carbonyl (C=O) groups is 1. The summed E-state index contributed by atoms with van der Waals surface area (Å²) in [5.41, 5.74) is 2.84. The Kier molecular flexibility index (Phi) is 6.35. The molecule has 1 aliphatic rings. The molecular formula is C23H27N7O. The molecule has 160 valence electrons. The van der Waals surface area contributed by atoms with Crippen LogP contribution >= 0.6 is 0 Å². The van der Waals surface area contributed by atoms with Crippen LogP contribution in [0.4, 0.5) is 11.6 Å². The van der Waals surface area contributed by atoms with Gasteiger partial charge in [0.1, 0.15) is 18.0 Å². The molecule has 8 nitrogen and oxygen atoms in total. The quantitative estimate of drug-likeness (QED) is 0.620. The largest absolute Gasteiger partial charge is 0.339 e. The summed E-state index contributed by atoms with van der Waals surface area (Å²) in [5.74, 6) is 1.92. The molecule has 0 spiro atoms. The molecule has 0 bridgehead atoms. The lowest BCUT2D eigenvalue weighted by molar-refractivity contribution is -0.127.